The number of pyridine rings is 1. The molecule has 0 amide bonds. The second-order valence-corrected chi connectivity index (χ2v) is 4.72. The fourth-order valence-corrected chi connectivity index (χ4v) is 2.52. The Balaban J connectivity index is 3.31. The van der Waals surface area contributed by atoms with Crippen LogP contribution in [0, 0.1) is 3.57 Å². The van der Waals surface area contributed by atoms with Crippen molar-refractivity contribution in [1.82, 2.24) is 4.98 Å². The first kappa shape index (κ1) is 17.1. The topological polar surface area (TPSA) is 39.2 Å². The summed E-state index contributed by atoms with van der Waals surface area (Å²) in [6.07, 6.45) is -8.01. The highest BCUT2D eigenvalue weighted by Gasteiger charge is 2.38. The van der Waals surface area contributed by atoms with Gasteiger partial charge in [-0.15, -0.1) is 0 Å². The molecule has 1 aromatic rings. The highest BCUT2D eigenvalue weighted by molar-refractivity contribution is 14.1. The largest absolute Gasteiger partial charge is 0.466 e. The molecule has 0 saturated carbocycles. The van der Waals surface area contributed by atoms with Gasteiger partial charge in [-0.25, -0.2) is 8.78 Å². The fourth-order valence-electron chi connectivity index (χ4n) is 1.50. The highest BCUT2D eigenvalue weighted by Crippen LogP contribution is 2.38. The first-order valence-corrected chi connectivity index (χ1v) is 6.44. The van der Waals surface area contributed by atoms with E-state index >= 15 is 0 Å². The van der Waals surface area contributed by atoms with Crippen molar-refractivity contribution < 1.29 is 31.5 Å². The van der Waals surface area contributed by atoms with E-state index in [2.05, 4.69) is 9.72 Å². The Labute approximate surface area is 124 Å². The number of hydrogen-bond donors (Lipinski definition) is 0. The molecule has 0 aliphatic carbocycles. The SMILES string of the molecule is CCOC(=O)Cc1cnc(C(F)F)c(I)c1C(F)(F)F. The van der Waals surface area contributed by atoms with E-state index in [1.54, 1.807) is 0 Å². The Morgan fingerprint density at radius 1 is 1.45 bits per heavy atom. The minimum absolute atomic E-state index is 0.0137. The van der Waals surface area contributed by atoms with Gasteiger partial charge >= 0.3 is 12.1 Å². The van der Waals surface area contributed by atoms with Crippen LogP contribution in [0.25, 0.3) is 0 Å². The normalized spacial score (nSPS) is 11.8. The second kappa shape index (κ2) is 6.64. The zero-order chi connectivity index (χ0) is 15.5. The summed E-state index contributed by atoms with van der Waals surface area (Å²) in [5.41, 5.74) is -2.70. The fraction of sp³-hybridized carbons (Fsp3) is 0.455. The quantitative estimate of drug-likeness (QED) is 0.432. The van der Waals surface area contributed by atoms with Crippen LogP contribution in [0.5, 0.6) is 0 Å². The molecular formula is C11H9F5INO2. The van der Waals surface area contributed by atoms with Crippen molar-refractivity contribution in [2.45, 2.75) is 25.9 Å². The Morgan fingerprint density at radius 2 is 2.05 bits per heavy atom. The van der Waals surface area contributed by atoms with Gasteiger partial charge in [0, 0.05) is 6.20 Å². The molecule has 0 atom stereocenters. The Bertz CT molecular complexity index is 504. The number of ether oxygens (including phenoxy) is 1. The molecule has 0 radical (unpaired) electrons. The van der Waals surface area contributed by atoms with E-state index in [1.165, 1.54) is 6.92 Å². The molecule has 20 heavy (non-hydrogen) atoms. The molecule has 0 bridgehead atoms. The van der Waals surface area contributed by atoms with Crippen LogP contribution >= 0.6 is 22.6 Å². The third kappa shape index (κ3) is 4.00. The predicted octanol–water partition coefficient (Wildman–Crippen LogP) is 3.75. The van der Waals surface area contributed by atoms with Gasteiger partial charge < -0.3 is 4.74 Å². The molecule has 0 fully saturated rings. The summed E-state index contributed by atoms with van der Waals surface area (Å²) < 4.78 is 67.9. The summed E-state index contributed by atoms with van der Waals surface area (Å²) in [6.45, 7) is 1.52. The van der Waals surface area contributed by atoms with Gasteiger partial charge in [-0.1, -0.05) is 0 Å². The molecule has 0 aliphatic heterocycles. The molecule has 112 valence electrons. The van der Waals surface area contributed by atoms with Crippen LogP contribution in [0.4, 0.5) is 22.0 Å². The van der Waals surface area contributed by atoms with E-state index in [4.69, 9.17) is 0 Å². The molecule has 0 N–H and O–H groups in total. The summed E-state index contributed by atoms with van der Waals surface area (Å²) in [4.78, 5) is 14.6. The summed E-state index contributed by atoms with van der Waals surface area (Å²) in [7, 11) is 0. The zero-order valence-electron chi connectivity index (χ0n) is 10.1. The van der Waals surface area contributed by atoms with Crippen molar-refractivity contribution in [2.75, 3.05) is 6.61 Å². The second-order valence-electron chi connectivity index (χ2n) is 3.64. The summed E-state index contributed by atoms with van der Waals surface area (Å²) in [5.74, 6) is -0.875. The Hall–Kier alpha value is -1.00. The highest BCUT2D eigenvalue weighted by atomic mass is 127. The van der Waals surface area contributed by atoms with Crippen molar-refractivity contribution in [3.8, 4) is 0 Å². The van der Waals surface area contributed by atoms with Crippen LogP contribution in [-0.4, -0.2) is 17.6 Å². The third-order valence-electron chi connectivity index (χ3n) is 2.26. The lowest BCUT2D eigenvalue weighted by molar-refractivity contribution is -0.143. The van der Waals surface area contributed by atoms with Gasteiger partial charge in [-0.2, -0.15) is 13.2 Å². The van der Waals surface area contributed by atoms with Crippen molar-refractivity contribution >= 4 is 28.6 Å². The lowest BCUT2D eigenvalue weighted by Crippen LogP contribution is -2.18. The Kier molecular flexibility index (Phi) is 5.66. The third-order valence-corrected chi connectivity index (χ3v) is 3.35. The zero-order valence-corrected chi connectivity index (χ0v) is 12.3. The van der Waals surface area contributed by atoms with Crippen LogP contribution in [0.15, 0.2) is 6.20 Å². The Morgan fingerprint density at radius 3 is 2.50 bits per heavy atom. The van der Waals surface area contributed by atoms with Crippen LogP contribution in [0.1, 0.15) is 30.2 Å². The average Bonchev–Trinajstić information content (AvgIpc) is 2.26. The molecule has 0 saturated heterocycles. The lowest BCUT2D eigenvalue weighted by Gasteiger charge is -2.16. The number of nitrogens with zero attached hydrogens (tertiary/aromatic N) is 1. The van der Waals surface area contributed by atoms with Gasteiger partial charge in [-0.05, 0) is 35.1 Å². The van der Waals surface area contributed by atoms with E-state index in [-0.39, 0.29) is 6.61 Å². The molecule has 0 unspecified atom stereocenters. The van der Waals surface area contributed by atoms with E-state index in [0.29, 0.717) is 6.20 Å². The van der Waals surface area contributed by atoms with E-state index in [9.17, 15) is 26.7 Å². The van der Waals surface area contributed by atoms with Gasteiger partial charge in [-0.3, -0.25) is 9.78 Å². The molecule has 3 nitrogen and oxygen atoms in total. The van der Waals surface area contributed by atoms with Crippen molar-refractivity contribution in [1.29, 1.82) is 0 Å². The minimum atomic E-state index is -4.86. The molecule has 0 spiro atoms. The maximum absolute atomic E-state index is 13.0. The van der Waals surface area contributed by atoms with Gasteiger partial charge in [0.05, 0.1) is 22.2 Å². The molecule has 0 aromatic carbocycles. The number of carbonyl (C=O) groups excluding carboxylic acids is 1. The molecule has 0 aliphatic rings. The standard InChI is InChI=1S/C11H9F5INO2/c1-2-20-6(19)3-5-4-18-9(10(12)13)8(17)7(5)11(14,15)16/h4,10H,2-3H2,1H3. The van der Waals surface area contributed by atoms with Crippen molar-refractivity contribution in [2.24, 2.45) is 0 Å². The number of hydrogen-bond acceptors (Lipinski definition) is 3. The maximum atomic E-state index is 13.0. The summed E-state index contributed by atoms with van der Waals surface area (Å²) in [6, 6.07) is 0. The van der Waals surface area contributed by atoms with Crippen molar-refractivity contribution in [3.63, 3.8) is 0 Å². The van der Waals surface area contributed by atoms with Crippen LogP contribution in [0.2, 0.25) is 0 Å². The first-order chi connectivity index (χ1) is 9.18. The van der Waals surface area contributed by atoms with Gasteiger partial charge in [0.2, 0.25) is 0 Å². The molecule has 1 aromatic heterocycles. The summed E-state index contributed by atoms with van der Waals surface area (Å²) in [5, 5.41) is 0. The molecule has 1 rings (SSSR count). The average molecular weight is 409 g/mol. The van der Waals surface area contributed by atoms with Crippen molar-refractivity contribution in [3.05, 3.63) is 26.6 Å². The lowest BCUT2D eigenvalue weighted by atomic mass is 10.1. The molecule has 9 heteroatoms. The van der Waals surface area contributed by atoms with Gasteiger partial charge in [0.15, 0.2) is 0 Å². The van der Waals surface area contributed by atoms with Crippen LogP contribution in [-0.2, 0) is 22.1 Å². The first-order valence-electron chi connectivity index (χ1n) is 5.36. The molecule has 1 heterocycles. The van der Waals surface area contributed by atoms with Crippen LogP contribution in [0.3, 0.4) is 0 Å². The summed E-state index contributed by atoms with van der Waals surface area (Å²) >= 11 is 1.16. The number of aromatic nitrogens is 1. The monoisotopic (exact) mass is 409 g/mol. The van der Waals surface area contributed by atoms with E-state index in [1.807, 2.05) is 0 Å². The smallest absolute Gasteiger partial charge is 0.417 e. The molecular weight excluding hydrogens is 400 g/mol. The van der Waals surface area contributed by atoms with Crippen LogP contribution < -0.4 is 0 Å². The van der Waals surface area contributed by atoms with E-state index in [0.717, 1.165) is 22.6 Å². The number of alkyl halides is 5. The number of carbonyl (C=O) groups is 1. The maximum Gasteiger partial charge on any atom is 0.417 e. The number of halogens is 6. The number of rotatable bonds is 4. The minimum Gasteiger partial charge on any atom is -0.466 e. The van der Waals surface area contributed by atoms with Gasteiger partial charge in [0.25, 0.3) is 6.43 Å². The number of esters is 1. The predicted molar refractivity (Wildman–Crippen MR) is 67.3 cm³/mol. The van der Waals surface area contributed by atoms with E-state index < -0.39 is 45.4 Å². The van der Waals surface area contributed by atoms with Gasteiger partial charge in [0.1, 0.15) is 5.69 Å².